The molecular formula is C18H13ClN2O4. The van der Waals surface area contributed by atoms with Crippen LogP contribution in [0.1, 0.15) is 21.6 Å². The minimum Gasteiger partial charge on any atom is -0.455 e. The van der Waals surface area contributed by atoms with Crippen LogP contribution in [0.5, 0.6) is 0 Å². The van der Waals surface area contributed by atoms with Gasteiger partial charge >= 0.3 is 5.97 Å². The Morgan fingerprint density at radius 1 is 1.20 bits per heavy atom. The molecule has 1 aromatic heterocycles. The molecule has 1 heterocycles. The average molecular weight is 357 g/mol. The lowest BCUT2D eigenvalue weighted by molar-refractivity contribution is -0.385. The Hall–Kier alpha value is -2.99. The molecule has 0 spiro atoms. The summed E-state index contributed by atoms with van der Waals surface area (Å²) in [4.78, 5) is 27.0. The van der Waals surface area contributed by atoms with E-state index in [9.17, 15) is 14.9 Å². The Bertz CT molecular complexity index is 988. The summed E-state index contributed by atoms with van der Waals surface area (Å²) < 4.78 is 5.20. The Kier molecular flexibility index (Phi) is 4.63. The van der Waals surface area contributed by atoms with Crippen LogP contribution in [0.2, 0.25) is 5.02 Å². The van der Waals surface area contributed by atoms with Crippen molar-refractivity contribution < 1.29 is 14.5 Å². The normalized spacial score (nSPS) is 10.6. The van der Waals surface area contributed by atoms with E-state index in [1.807, 2.05) is 31.2 Å². The summed E-state index contributed by atoms with van der Waals surface area (Å²) in [6, 6.07) is 13.1. The standard InChI is InChI=1S/C18H13ClN2O4/c1-11-12-6-2-4-8-14(12)20-15(17(11)19)10-25-18(22)13-7-3-5-9-16(13)21(23)24/h2-9H,10H2,1H3. The number of halogens is 1. The molecular weight excluding hydrogens is 344 g/mol. The molecule has 3 aromatic rings. The average Bonchev–Trinajstić information content (AvgIpc) is 2.63. The zero-order valence-corrected chi connectivity index (χ0v) is 14.0. The van der Waals surface area contributed by atoms with Gasteiger partial charge in [-0.2, -0.15) is 0 Å². The molecule has 3 rings (SSSR count). The Morgan fingerprint density at radius 3 is 2.64 bits per heavy atom. The van der Waals surface area contributed by atoms with Gasteiger partial charge in [-0.1, -0.05) is 41.9 Å². The largest absolute Gasteiger partial charge is 0.455 e. The number of fused-ring (bicyclic) bond motifs is 1. The van der Waals surface area contributed by atoms with Crippen molar-refractivity contribution >= 4 is 34.2 Å². The van der Waals surface area contributed by atoms with Gasteiger partial charge < -0.3 is 4.74 Å². The molecule has 0 atom stereocenters. The van der Waals surface area contributed by atoms with Crippen LogP contribution >= 0.6 is 11.6 Å². The second kappa shape index (κ2) is 6.86. The molecule has 0 amide bonds. The molecule has 0 saturated heterocycles. The highest BCUT2D eigenvalue weighted by atomic mass is 35.5. The first-order valence-electron chi connectivity index (χ1n) is 7.43. The number of aromatic nitrogens is 1. The molecule has 7 heteroatoms. The SMILES string of the molecule is Cc1c(Cl)c(COC(=O)c2ccccc2[N+](=O)[O-])nc2ccccc12. The van der Waals surface area contributed by atoms with E-state index in [1.54, 1.807) is 0 Å². The fraction of sp³-hybridized carbons (Fsp3) is 0.111. The summed E-state index contributed by atoms with van der Waals surface area (Å²) in [5.41, 5.74) is 1.57. The lowest BCUT2D eigenvalue weighted by atomic mass is 10.1. The van der Waals surface area contributed by atoms with E-state index in [-0.39, 0.29) is 17.9 Å². The lowest BCUT2D eigenvalue weighted by Crippen LogP contribution is -2.09. The number of benzene rings is 2. The van der Waals surface area contributed by atoms with Crippen LogP contribution < -0.4 is 0 Å². The van der Waals surface area contributed by atoms with Gasteiger partial charge in [-0.15, -0.1) is 0 Å². The number of nitrogens with zero attached hydrogens (tertiary/aromatic N) is 2. The van der Waals surface area contributed by atoms with Gasteiger partial charge in [-0.05, 0) is 24.6 Å². The molecule has 25 heavy (non-hydrogen) atoms. The molecule has 6 nitrogen and oxygen atoms in total. The van der Waals surface area contributed by atoms with E-state index in [2.05, 4.69) is 4.98 Å². The van der Waals surface area contributed by atoms with Crippen molar-refractivity contribution in [2.24, 2.45) is 0 Å². The minimum absolute atomic E-state index is 0.110. The second-order valence-corrected chi connectivity index (χ2v) is 5.74. The predicted molar refractivity (Wildman–Crippen MR) is 93.7 cm³/mol. The highest BCUT2D eigenvalue weighted by Gasteiger charge is 2.21. The number of para-hydroxylation sites is 2. The number of nitro groups is 1. The molecule has 0 saturated carbocycles. The molecule has 2 aromatic carbocycles. The van der Waals surface area contributed by atoms with Gasteiger partial charge in [0.05, 0.1) is 21.2 Å². The van der Waals surface area contributed by atoms with E-state index in [1.165, 1.54) is 24.3 Å². The zero-order chi connectivity index (χ0) is 18.0. The first kappa shape index (κ1) is 16.9. The first-order valence-corrected chi connectivity index (χ1v) is 7.81. The number of hydrogen-bond acceptors (Lipinski definition) is 5. The number of esters is 1. The smallest absolute Gasteiger partial charge is 0.345 e. The molecule has 0 aliphatic heterocycles. The van der Waals surface area contributed by atoms with Crippen molar-refractivity contribution in [2.45, 2.75) is 13.5 Å². The third-order valence-electron chi connectivity index (χ3n) is 3.81. The van der Waals surface area contributed by atoms with Gasteiger partial charge in [0.25, 0.3) is 5.69 Å². The van der Waals surface area contributed by atoms with Crippen LogP contribution in [0, 0.1) is 17.0 Å². The summed E-state index contributed by atoms with van der Waals surface area (Å²) in [7, 11) is 0. The second-order valence-electron chi connectivity index (χ2n) is 5.37. The quantitative estimate of drug-likeness (QED) is 0.391. The highest BCUT2D eigenvalue weighted by Crippen LogP contribution is 2.27. The lowest BCUT2D eigenvalue weighted by Gasteiger charge is -2.10. The topological polar surface area (TPSA) is 82.3 Å². The van der Waals surface area contributed by atoms with Crippen molar-refractivity contribution in [3.63, 3.8) is 0 Å². The third-order valence-corrected chi connectivity index (χ3v) is 4.31. The summed E-state index contributed by atoms with van der Waals surface area (Å²) in [6.45, 7) is 1.69. The van der Waals surface area contributed by atoms with Gasteiger partial charge in [0.2, 0.25) is 0 Å². The van der Waals surface area contributed by atoms with Crippen LogP contribution in [0.25, 0.3) is 10.9 Å². The van der Waals surface area contributed by atoms with Crippen molar-refractivity contribution in [3.05, 3.63) is 80.5 Å². The number of nitro benzene ring substituents is 1. The molecule has 0 aliphatic rings. The maximum absolute atomic E-state index is 12.2. The van der Waals surface area contributed by atoms with E-state index in [4.69, 9.17) is 16.3 Å². The molecule has 0 unspecified atom stereocenters. The molecule has 0 N–H and O–H groups in total. The summed E-state index contributed by atoms with van der Waals surface area (Å²) in [5, 5.41) is 12.3. The van der Waals surface area contributed by atoms with Crippen LogP contribution in [-0.2, 0) is 11.3 Å². The van der Waals surface area contributed by atoms with Gasteiger partial charge in [0.15, 0.2) is 0 Å². The summed E-state index contributed by atoms with van der Waals surface area (Å²) in [6.07, 6.45) is 0. The predicted octanol–water partition coefficient (Wildman–Crippen LogP) is 4.46. The monoisotopic (exact) mass is 356 g/mol. The number of carbonyl (C=O) groups excluding carboxylic acids is 1. The van der Waals surface area contributed by atoms with Gasteiger partial charge in [0.1, 0.15) is 12.2 Å². The summed E-state index contributed by atoms with van der Waals surface area (Å²) >= 11 is 6.32. The molecule has 0 fully saturated rings. The fourth-order valence-corrected chi connectivity index (χ4v) is 2.73. The molecule has 0 aliphatic carbocycles. The van der Waals surface area contributed by atoms with E-state index >= 15 is 0 Å². The number of carbonyl (C=O) groups is 1. The molecule has 126 valence electrons. The maximum atomic E-state index is 12.2. The van der Waals surface area contributed by atoms with Crippen LogP contribution in [-0.4, -0.2) is 15.9 Å². The number of aryl methyl sites for hydroxylation is 1. The van der Waals surface area contributed by atoms with Crippen LogP contribution in [0.4, 0.5) is 5.69 Å². The van der Waals surface area contributed by atoms with Crippen molar-refractivity contribution in [1.29, 1.82) is 0 Å². The Labute approximate surface area is 148 Å². The Morgan fingerprint density at radius 2 is 1.88 bits per heavy atom. The fourth-order valence-electron chi connectivity index (χ4n) is 2.53. The van der Waals surface area contributed by atoms with Crippen molar-refractivity contribution in [2.75, 3.05) is 0 Å². The molecule has 0 radical (unpaired) electrons. The van der Waals surface area contributed by atoms with E-state index in [0.717, 1.165) is 16.5 Å². The number of ether oxygens (including phenoxy) is 1. The third kappa shape index (κ3) is 3.29. The van der Waals surface area contributed by atoms with E-state index < -0.39 is 10.9 Å². The van der Waals surface area contributed by atoms with Gasteiger partial charge in [-0.3, -0.25) is 10.1 Å². The Balaban J connectivity index is 1.87. The zero-order valence-electron chi connectivity index (χ0n) is 13.2. The number of hydrogen-bond donors (Lipinski definition) is 0. The van der Waals surface area contributed by atoms with Gasteiger partial charge in [-0.25, -0.2) is 9.78 Å². The van der Waals surface area contributed by atoms with Crippen molar-refractivity contribution in [3.8, 4) is 0 Å². The van der Waals surface area contributed by atoms with Crippen molar-refractivity contribution in [1.82, 2.24) is 4.98 Å². The number of pyridine rings is 1. The highest BCUT2D eigenvalue weighted by molar-refractivity contribution is 6.32. The minimum atomic E-state index is -0.795. The van der Waals surface area contributed by atoms with Crippen LogP contribution in [0.3, 0.4) is 0 Å². The maximum Gasteiger partial charge on any atom is 0.345 e. The molecule has 0 bridgehead atoms. The first-order chi connectivity index (χ1) is 12.0. The van der Waals surface area contributed by atoms with E-state index in [0.29, 0.717) is 10.7 Å². The van der Waals surface area contributed by atoms with Crippen LogP contribution in [0.15, 0.2) is 48.5 Å². The number of rotatable bonds is 4. The summed E-state index contributed by atoms with van der Waals surface area (Å²) in [5.74, 6) is -0.795. The van der Waals surface area contributed by atoms with Gasteiger partial charge in [0, 0.05) is 11.5 Å².